The molecule has 1 heterocycles. The van der Waals surface area contributed by atoms with Gasteiger partial charge in [0.05, 0.1) is 12.2 Å². The lowest BCUT2D eigenvalue weighted by Crippen LogP contribution is -2.49. The first-order valence-electron chi connectivity index (χ1n) is 7.04. The molecule has 0 saturated heterocycles. The second-order valence-electron chi connectivity index (χ2n) is 5.12. The summed E-state index contributed by atoms with van der Waals surface area (Å²) < 4.78 is 5.48. The number of amides is 2. The van der Waals surface area contributed by atoms with Crippen molar-refractivity contribution in [2.24, 2.45) is 0 Å². The summed E-state index contributed by atoms with van der Waals surface area (Å²) in [6.07, 6.45) is 0. The van der Waals surface area contributed by atoms with E-state index in [1.54, 1.807) is 21.9 Å². The van der Waals surface area contributed by atoms with Crippen molar-refractivity contribution in [3.63, 3.8) is 0 Å². The molecule has 6 heteroatoms. The fraction of sp³-hybridized carbons (Fsp3) is 0.467. The minimum Gasteiger partial charge on any atom is -0.489 e. The number of anilines is 1. The van der Waals surface area contributed by atoms with Gasteiger partial charge in [-0.05, 0) is 32.9 Å². The number of hydrogen-bond acceptors (Lipinski definition) is 3. The van der Waals surface area contributed by atoms with E-state index in [1.807, 2.05) is 20.8 Å². The molecule has 2 rings (SSSR count). The summed E-state index contributed by atoms with van der Waals surface area (Å²) in [6, 6.07) is 4.78. The van der Waals surface area contributed by atoms with Gasteiger partial charge in [0.1, 0.15) is 12.2 Å². The maximum Gasteiger partial charge on any atom is 0.339 e. The molecule has 0 spiro atoms. The molecule has 1 aromatic rings. The molecule has 21 heavy (non-hydrogen) atoms. The topological polar surface area (TPSA) is 70.1 Å². The Labute approximate surface area is 123 Å². The Morgan fingerprint density at radius 3 is 2.71 bits per heavy atom. The Morgan fingerprint density at radius 1 is 1.43 bits per heavy atom. The van der Waals surface area contributed by atoms with Crippen molar-refractivity contribution in [1.29, 1.82) is 0 Å². The second kappa shape index (κ2) is 6.03. The number of ether oxygens (including phenoxy) is 1. The van der Waals surface area contributed by atoms with Crippen molar-refractivity contribution >= 4 is 17.7 Å². The Hall–Kier alpha value is -2.24. The van der Waals surface area contributed by atoms with Crippen molar-refractivity contribution in [2.45, 2.75) is 26.8 Å². The fourth-order valence-corrected chi connectivity index (χ4v) is 2.49. The highest BCUT2D eigenvalue weighted by atomic mass is 16.5. The summed E-state index contributed by atoms with van der Waals surface area (Å²) in [7, 11) is 0. The van der Waals surface area contributed by atoms with Crippen LogP contribution in [0, 0.1) is 0 Å². The number of carboxylic acid groups (broad SMARTS) is 1. The number of carbonyl (C=O) groups is 2. The Kier molecular flexibility index (Phi) is 4.35. The van der Waals surface area contributed by atoms with E-state index >= 15 is 0 Å². The first-order valence-corrected chi connectivity index (χ1v) is 7.04. The van der Waals surface area contributed by atoms with Gasteiger partial charge in [-0.15, -0.1) is 0 Å². The predicted octanol–water partition coefficient (Wildman–Crippen LogP) is 2.43. The lowest BCUT2D eigenvalue weighted by atomic mass is 10.1. The number of rotatable bonds is 3. The molecular weight excluding hydrogens is 272 g/mol. The molecule has 1 N–H and O–H groups in total. The fourth-order valence-electron chi connectivity index (χ4n) is 2.49. The molecule has 0 unspecified atom stereocenters. The largest absolute Gasteiger partial charge is 0.489 e. The van der Waals surface area contributed by atoms with E-state index < -0.39 is 5.97 Å². The molecule has 0 saturated carbocycles. The molecule has 0 bridgehead atoms. The van der Waals surface area contributed by atoms with Gasteiger partial charge in [-0.25, -0.2) is 9.59 Å². The molecule has 114 valence electrons. The van der Waals surface area contributed by atoms with Crippen LogP contribution in [0.3, 0.4) is 0 Å². The molecule has 1 aliphatic heterocycles. The van der Waals surface area contributed by atoms with E-state index in [0.29, 0.717) is 25.4 Å². The number of nitrogens with zero attached hydrogens (tertiary/aromatic N) is 2. The number of urea groups is 1. The van der Waals surface area contributed by atoms with Crippen molar-refractivity contribution in [1.82, 2.24) is 4.90 Å². The number of carbonyl (C=O) groups excluding carboxylic acids is 1. The Morgan fingerprint density at radius 2 is 2.14 bits per heavy atom. The zero-order chi connectivity index (χ0) is 15.6. The van der Waals surface area contributed by atoms with E-state index in [-0.39, 0.29) is 23.4 Å². The van der Waals surface area contributed by atoms with Crippen molar-refractivity contribution in [3.05, 3.63) is 23.8 Å². The van der Waals surface area contributed by atoms with Crippen LogP contribution in [0.4, 0.5) is 10.5 Å². The quantitative estimate of drug-likeness (QED) is 0.929. The average molecular weight is 292 g/mol. The monoisotopic (exact) mass is 292 g/mol. The molecule has 0 fully saturated rings. The number of hydrogen-bond donors (Lipinski definition) is 1. The van der Waals surface area contributed by atoms with Crippen LogP contribution in [0.5, 0.6) is 5.75 Å². The minimum absolute atomic E-state index is 0.0800. The highest BCUT2D eigenvalue weighted by molar-refractivity contribution is 5.99. The zero-order valence-corrected chi connectivity index (χ0v) is 12.5. The van der Waals surface area contributed by atoms with Gasteiger partial charge in [0.2, 0.25) is 0 Å². The lowest BCUT2D eigenvalue weighted by Gasteiger charge is -2.35. The van der Waals surface area contributed by atoms with E-state index in [4.69, 9.17) is 4.74 Å². The molecule has 0 radical (unpaired) electrons. The number of benzene rings is 1. The zero-order valence-electron chi connectivity index (χ0n) is 12.5. The Balaban J connectivity index is 2.41. The van der Waals surface area contributed by atoms with Crippen LogP contribution in [-0.4, -0.2) is 47.7 Å². The standard InChI is InChI=1S/C15H20N2O4/c1-4-16(10(2)3)15(20)17-8-9-21-13-11(14(18)19)6-5-7-12(13)17/h5-7,10H,4,8-9H2,1-3H3,(H,18,19). The third kappa shape index (κ3) is 2.79. The maximum absolute atomic E-state index is 12.7. The van der Waals surface area contributed by atoms with Gasteiger partial charge in [-0.3, -0.25) is 4.90 Å². The molecule has 1 aromatic carbocycles. The van der Waals surface area contributed by atoms with E-state index in [9.17, 15) is 14.7 Å². The van der Waals surface area contributed by atoms with E-state index in [2.05, 4.69) is 0 Å². The van der Waals surface area contributed by atoms with Crippen molar-refractivity contribution in [3.8, 4) is 5.75 Å². The number of aromatic carboxylic acids is 1. The van der Waals surface area contributed by atoms with Crippen LogP contribution in [0.1, 0.15) is 31.1 Å². The molecule has 1 aliphatic rings. The van der Waals surface area contributed by atoms with Crippen LogP contribution < -0.4 is 9.64 Å². The van der Waals surface area contributed by atoms with Crippen LogP contribution in [0.2, 0.25) is 0 Å². The summed E-state index contributed by atoms with van der Waals surface area (Å²) in [5.74, 6) is -0.790. The molecule has 0 aliphatic carbocycles. The van der Waals surface area contributed by atoms with Gasteiger partial charge in [0.25, 0.3) is 0 Å². The summed E-state index contributed by atoms with van der Waals surface area (Å²) in [5.41, 5.74) is 0.600. The molecule has 2 amide bonds. The van der Waals surface area contributed by atoms with Crippen LogP contribution in [-0.2, 0) is 0 Å². The summed E-state index contributed by atoms with van der Waals surface area (Å²) in [6.45, 7) is 7.14. The van der Waals surface area contributed by atoms with Crippen molar-refractivity contribution < 1.29 is 19.4 Å². The summed E-state index contributed by atoms with van der Waals surface area (Å²) >= 11 is 0. The first-order chi connectivity index (χ1) is 9.97. The van der Waals surface area contributed by atoms with Crippen LogP contribution in [0.25, 0.3) is 0 Å². The van der Waals surface area contributed by atoms with Gasteiger partial charge in [-0.1, -0.05) is 6.07 Å². The molecule has 6 nitrogen and oxygen atoms in total. The smallest absolute Gasteiger partial charge is 0.339 e. The van der Waals surface area contributed by atoms with Crippen LogP contribution >= 0.6 is 0 Å². The highest BCUT2D eigenvalue weighted by Crippen LogP contribution is 2.35. The number of fused-ring (bicyclic) bond motifs is 1. The SMILES string of the molecule is CCN(C(=O)N1CCOc2c(C(=O)O)cccc21)C(C)C. The van der Waals surface area contributed by atoms with Gasteiger partial charge in [0, 0.05) is 12.6 Å². The van der Waals surface area contributed by atoms with Gasteiger partial charge in [-0.2, -0.15) is 0 Å². The first kappa shape index (κ1) is 15.2. The Bertz CT molecular complexity index is 557. The molecule has 0 aromatic heterocycles. The third-order valence-electron chi connectivity index (χ3n) is 3.52. The van der Waals surface area contributed by atoms with E-state index in [1.165, 1.54) is 6.07 Å². The second-order valence-corrected chi connectivity index (χ2v) is 5.12. The van der Waals surface area contributed by atoms with E-state index in [0.717, 1.165) is 0 Å². The summed E-state index contributed by atoms with van der Waals surface area (Å²) in [5, 5.41) is 9.22. The third-order valence-corrected chi connectivity index (χ3v) is 3.52. The lowest BCUT2D eigenvalue weighted by molar-refractivity contribution is 0.0691. The molecular formula is C15H20N2O4. The van der Waals surface area contributed by atoms with Gasteiger partial charge >= 0.3 is 12.0 Å². The number of para-hydroxylation sites is 1. The van der Waals surface area contributed by atoms with Gasteiger partial charge < -0.3 is 14.7 Å². The van der Waals surface area contributed by atoms with Gasteiger partial charge in [0.15, 0.2) is 5.75 Å². The van der Waals surface area contributed by atoms with Crippen molar-refractivity contribution in [2.75, 3.05) is 24.6 Å². The molecule has 0 atom stereocenters. The van der Waals surface area contributed by atoms with Crippen LogP contribution in [0.15, 0.2) is 18.2 Å². The normalized spacial score (nSPS) is 13.6. The summed E-state index contributed by atoms with van der Waals surface area (Å²) in [4.78, 5) is 27.2. The minimum atomic E-state index is -1.06. The number of carboxylic acids is 1. The maximum atomic E-state index is 12.7. The predicted molar refractivity (Wildman–Crippen MR) is 79.2 cm³/mol. The highest BCUT2D eigenvalue weighted by Gasteiger charge is 2.30. The average Bonchev–Trinajstić information content (AvgIpc) is 2.45.